The molecular weight excluding hydrogens is 287 g/mol. The Morgan fingerprint density at radius 2 is 2.14 bits per heavy atom. The summed E-state index contributed by atoms with van der Waals surface area (Å²) in [5, 5.41) is 18.3. The van der Waals surface area contributed by atoms with Gasteiger partial charge in [0, 0.05) is 6.20 Å². The minimum absolute atomic E-state index is 0.167. The summed E-state index contributed by atoms with van der Waals surface area (Å²) in [6, 6.07) is 6.36. The standard InChI is InChI=1S/C15H17FN4O2/c16-13-6-3-7-14(15(13)20(21)22)17-10-11-8-9-19(18-11)12-4-1-2-5-12/h3,6-9,12,17H,1-2,4-5,10H2. The van der Waals surface area contributed by atoms with Gasteiger partial charge in [0.2, 0.25) is 5.82 Å². The van der Waals surface area contributed by atoms with E-state index in [1.807, 2.05) is 16.9 Å². The molecule has 1 saturated carbocycles. The van der Waals surface area contributed by atoms with Crippen molar-refractivity contribution in [2.24, 2.45) is 0 Å². The average Bonchev–Trinajstić information content (AvgIpc) is 3.15. The second-order valence-electron chi connectivity index (χ2n) is 5.47. The van der Waals surface area contributed by atoms with E-state index in [0.29, 0.717) is 12.6 Å². The molecule has 0 unspecified atom stereocenters. The molecule has 1 aliphatic carbocycles. The zero-order chi connectivity index (χ0) is 15.5. The summed E-state index contributed by atoms with van der Waals surface area (Å²) >= 11 is 0. The summed E-state index contributed by atoms with van der Waals surface area (Å²) in [7, 11) is 0. The van der Waals surface area contributed by atoms with E-state index in [0.717, 1.165) is 24.6 Å². The SMILES string of the molecule is O=[N+]([O-])c1c(F)cccc1NCc1ccn(C2CCCC2)n1. The van der Waals surface area contributed by atoms with Gasteiger partial charge in [-0.3, -0.25) is 14.8 Å². The molecule has 1 N–H and O–H groups in total. The largest absolute Gasteiger partial charge is 0.374 e. The highest BCUT2D eigenvalue weighted by Gasteiger charge is 2.20. The maximum Gasteiger partial charge on any atom is 0.327 e. The van der Waals surface area contributed by atoms with Crippen LogP contribution in [0.4, 0.5) is 15.8 Å². The fraction of sp³-hybridized carbons (Fsp3) is 0.400. The first kappa shape index (κ1) is 14.5. The van der Waals surface area contributed by atoms with E-state index in [1.165, 1.54) is 25.0 Å². The minimum Gasteiger partial charge on any atom is -0.374 e. The molecule has 6 nitrogen and oxygen atoms in total. The van der Waals surface area contributed by atoms with Crippen molar-refractivity contribution < 1.29 is 9.31 Å². The first-order valence-corrected chi connectivity index (χ1v) is 7.36. The summed E-state index contributed by atoms with van der Waals surface area (Å²) in [5.74, 6) is -0.841. The molecule has 22 heavy (non-hydrogen) atoms. The smallest absolute Gasteiger partial charge is 0.327 e. The second-order valence-corrected chi connectivity index (χ2v) is 5.47. The molecule has 1 aliphatic rings. The summed E-state index contributed by atoms with van der Waals surface area (Å²) in [6.45, 7) is 0.323. The van der Waals surface area contributed by atoms with Crippen LogP contribution in [0.5, 0.6) is 0 Å². The molecule has 116 valence electrons. The Morgan fingerprint density at radius 1 is 1.36 bits per heavy atom. The molecule has 0 radical (unpaired) electrons. The number of rotatable bonds is 5. The van der Waals surface area contributed by atoms with Crippen LogP contribution in [0, 0.1) is 15.9 Å². The number of para-hydroxylation sites is 1. The van der Waals surface area contributed by atoms with Crippen molar-refractivity contribution in [3.05, 3.63) is 52.1 Å². The number of halogens is 1. The van der Waals surface area contributed by atoms with Gasteiger partial charge in [0.15, 0.2) is 0 Å². The number of anilines is 1. The van der Waals surface area contributed by atoms with Crippen molar-refractivity contribution in [3.63, 3.8) is 0 Å². The predicted octanol–water partition coefficient (Wildman–Crippen LogP) is 3.66. The van der Waals surface area contributed by atoms with Crippen molar-refractivity contribution in [1.29, 1.82) is 0 Å². The number of nitrogens with one attached hydrogen (secondary N) is 1. The molecule has 0 spiro atoms. The molecule has 1 aromatic carbocycles. The van der Waals surface area contributed by atoms with Crippen LogP contribution in [-0.2, 0) is 6.54 Å². The molecule has 0 saturated heterocycles. The van der Waals surface area contributed by atoms with Gasteiger partial charge in [0.1, 0.15) is 5.69 Å². The predicted molar refractivity (Wildman–Crippen MR) is 80.1 cm³/mol. The van der Waals surface area contributed by atoms with Gasteiger partial charge in [-0.2, -0.15) is 9.49 Å². The third-order valence-corrected chi connectivity index (χ3v) is 3.99. The monoisotopic (exact) mass is 304 g/mol. The van der Waals surface area contributed by atoms with Crippen LogP contribution in [0.2, 0.25) is 0 Å². The van der Waals surface area contributed by atoms with Crippen molar-refractivity contribution in [1.82, 2.24) is 9.78 Å². The summed E-state index contributed by atoms with van der Waals surface area (Å²) < 4.78 is 15.5. The maximum atomic E-state index is 13.5. The van der Waals surface area contributed by atoms with Gasteiger partial charge >= 0.3 is 5.69 Å². The number of nitrogens with zero attached hydrogens (tertiary/aromatic N) is 3. The van der Waals surface area contributed by atoms with E-state index in [2.05, 4.69) is 10.4 Å². The zero-order valence-electron chi connectivity index (χ0n) is 12.0. The number of benzene rings is 1. The summed E-state index contributed by atoms with van der Waals surface area (Å²) in [6.07, 6.45) is 6.68. The highest BCUT2D eigenvalue weighted by atomic mass is 19.1. The minimum atomic E-state index is -0.841. The average molecular weight is 304 g/mol. The molecule has 0 atom stereocenters. The number of nitro groups is 1. The molecule has 0 aliphatic heterocycles. The van der Waals surface area contributed by atoms with Crippen molar-refractivity contribution in [2.45, 2.75) is 38.3 Å². The molecule has 3 rings (SSSR count). The van der Waals surface area contributed by atoms with Crippen LogP contribution in [0.3, 0.4) is 0 Å². The molecular formula is C15H17FN4O2. The van der Waals surface area contributed by atoms with E-state index in [4.69, 9.17) is 0 Å². The van der Waals surface area contributed by atoms with Crippen LogP contribution in [-0.4, -0.2) is 14.7 Å². The third kappa shape index (κ3) is 2.93. The van der Waals surface area contributed by atoms with Gasteiger partial charge in [0.05, 0.1) is 23.2 Å². The number of aromatic nitrogens is 2. The van der Waals surface area contributed by atoms with Crippen molar-refractivity contribution >= 4 is 11.4 Å². The van der Waals surface area contributed by atoms with Gasteiger partial charge in [-0.15, -0.1) is 0 Å². The number of hydrogen-bond donors (Lipinski definition) is 1. The third-order valence-electron chi connectivity index (χ3n) is 3.99. The molecule has 1 aromatic heterocycles. The van der Waals surface area contributed by atoms with E-state index in [9.17, 15) is 14.5 Å². The van der Waals surface area contributed by atoms with E-state index < -0.39 is 16.4 Å². The summed E-state index contributed by atoms with van der Waals surface area (Å²) in [4.78, 5) is 10.2. The normalized spacial score (nSPS) is 15.1. The highest BCUT2D eigenvalue weighted by molar-refractivity contribution is 5.61. The Kier molecular flexibility index (Phi) is 4.04. The molecule has 0 bridgehead atoms. The summed E-state index contributed by atoms with van der Waals surface area (Å²) in [5.41, 5.74) is 0.420. The Balaban J connectivity index is 1.70. The Hall–Kier alpha value is -2.44. The Labute approximate surface area is 127 Å². The van der Waals surface area contributed by atoms with Gasteiger partial charge in [0.25, 0.3) is 0 Å². The van der Waals surface area contributed by atoms with E-state index in [1.54, 1.807) is 0 Å². The van der Waals surface area contributed by atoms with Crippen LogP contribution < -0.4 is 5.32 Å². The quantitative estimate of drug-likeness (QED) is 0.676. The first-order valence-electron chi connectivity index (χ1n) is 7.36. The maximum absolute atomic E-state index is 13.5. The van der Waals surface area contributed by atoms with Crippen LogP contribution in [0.25, 0.3) is 0 Å². The van der Waals surface area contributed by atoms with Crippen LogP contribution >= 0.6 is 0 Å². The molecule has 1 heterocycles. The van der Waals surface area contributed by atoms with Gasteiger partial charge < -0.3 is 5.32 Å². The van der Waals surface area contributed by atoms with E-state index in [-0.39, 0.29) is 5.69 Å². The molecule has 1 fully saturated rings. The molecule has 0 amide bonds. The molecule has 2 aromatic rings. The second kappa shape index (κ2) is 6.13. The highest BCUT2D eigenvalue weighted by Crippen LogP contribution is 2.29. The van der Waals surface area contributed by atoms with Crippen molar-refractivity contribution in [3.8, 4) is 0 Å². The fourth-order valence-electron chi connectivity index (χ4n) is 2.87. The van der Waals surface area contributed by atoms with Gasteiger partial charge in [-0.25, -0.2) is 0 Å². The lowest BCUT2D eigenvalue weighted by Crippen LogP contribution is -2.08. The fourth-order valence-corrected chi connectivity index (χ4v) is 2.87. The molecule has 7 heteroatoms. The van der Waals surface area contributed by atoms with Crippen molar-refractivity contribution in [2.75, 3.05) is 5.32 Å². The van der Waals surface area contributed by atoms with Gasteiger partial charge in [-0.1, -0.05) is 18.9 Å². The zero-order valence-corrected chi connectivity index (χ0v) is 12.0. The van der Waals surface area contributed by atoms with E-state index >= 15 is 0 Å². The number of hydrogen-bond acceptors (Lipinski definition) is 4. The van der Waals surface area contributed by atoms with Gasteiger partial charge in [-0.05, 0) is 31.0 Å². The van der Waals surface area contributed by atoms with Crippen LogP contribution in [0.1, 0.15) is 37.4 Å². The lowest BCUT2D eigenvalue weighted by molar-refractivity contribution is -0.386. The first-order chi connectivity index (χ1) is 10.6. The lowest BCUT2D eigenvalue weighted by atomic mass is 10.2. The Morgan fingerprint density at radius 3 is 2.86 bits per heavy atom. The topological polar surface area (TPSA) is 73.0 Å². The Bertz CT molecular complexity index is 680. The number of nitro benzene ring substituents is 1. The lowest BCUT2D eigenvalue weighted by Gasteiger charge is -2.09. The van der Waals surface area contributed by atoms with Crippen LogP contribution in [0.15, 0.2) is 30.5 Å².